The Bertz CT molecular complexity index is 215. The van der Waals surface area contributed by atoms with Crippen molar-refractivity contribution in [3.05, 3.63) is 12.7 Å². The molecule has 0 radical (unpaired) electrons. The third-order valence-corrected chi connectivity index (χ3v) is 2.59. The van der Waals surface area contributed by atoms with E-state index in [1.807, 2.05) is 0 Å². The van der Waals surface area contributed by atoms with E-state index in [4.69, 9.17) is 19.3 Å². The van der Waals surface area contributed by atoms with Crippen molar-refractivity contribution in [2.75, 3.05) is 24.7 Å². The molecule has 0 aromatic carbocycles. The molecule has 15 heavy (non-hydrogen) atoms. The van der Waals surface area contributed by atoms with E-state index in [2.05, 4.69) is 6.58 Å². The molecule has 86 valence electrons. The number of aliphatic hydroxyl groups excluding tert-OH is 1. The highest BCUT2D eigenvalue weighted by Crippen LogP contribution is 2.13. The molecule has 0 saturated carbocycles. The van der Waals surface area contributed by atoms with E-state index in [1.165, 1.54) is 6.08 Å². The quantitative estimate of drug-likeness (QED) is 0.415. The lowest BCUT2D eigenvalue weighted by atomic mass is 10.6. The summed E-state index contributed by atoms with van der Waals surface area (Å²) in [5.41, 5.74) is 0. The second-order valence-electron chi connectivity index (χ2n) is 2.80. The smallest absolute Gasteiger partial charge is 0.334 e. The van der Waals surface area contributed by atoms with E-state index in [0.29, 0.717) is 12.4 Å². The number of aliphatic hydroxyl groups is 1. The number of carbonyl (C=O) groups excluding carboxylic acids is 1. The summed E-state index contributed by atoms with van der Waals surface area (Å²) < 4.78 is 14.8. The number of thioether (sulfide) groups is 1. The van der Waals surface area contributed by atoms with Crippen LogP contribution in [0.4, 0.5) is 0 Å². The average molecular weight is 234 g/mol. The van der Waals surface area contributed by atoms with Crippen molar-refractivity contribution in [1.82, 2.24) is 0 Å². The first-order valence-corrected chi connectivity index (χ1v) is 5.69. The molecular formula is C9H14O5S. The van der Waals surface area contributed by atoms with Crippen LogP contribution in [0.3, 0.4) is 0 Å². The SMILES string of the molecule is C=CC(O)OCC(=O)OC1CSCCO1. The van der Waals surface area contributed by atoms with Crippen LogP contribution in [-0.4, -0.2) is 48.4 Å². The molecule has 1 N–H and O–H groups in total. The number of rotatable bonds is 5. The fraction of sp³-hybridized carbons (Fsp3) is 0.667. The van der Waals surface area contributed by atoms with Crippen LogP contribution in [0.2, 0.25) is 0 Å². The van der Waals surface area contributed by atoms with Crippen LogP contribution in [-0.2, 0) is 19.0 Å². The lowest BCUT2D eigenvalue weighted by Crippen LogP contribution is -2.30. The first kappa shape index (κ1) is 12.5. The Hall–Kier alpha value is -0.560. The minimum Gasteiger partial charge on any atom is -0.433 e. The van der Waals surface area contributed by atoms with Crippen LogP contribution in [0, 0.1) is 0 Å². The summed E-state index contributed by atoms with van der Waals surface area (Å²) in [6.07, 6.45) is -0.458. The van der Waals surface area contributed by atoms with Gasteiger partial charge in [0, 0.05) is 5.75 Å². The largest absolute Gasteiger partial charge is 0.433 e. The van der Waals surface area contributed by atoms with Crippen molar-refractivity contribution in [2.45, 2.75) is 12.6 Å². The van der Waals surface area contributed by atoms with Gasteiger partial charge in [-0.3, -0.25) is 0 Å². The van der Waals surface area contributed by atoms with Gasteiger partial charge in [0.25, 0.3) is 0 Å². The van der Waals surface area contributed by atoms with Crippen molar-refractivity contribution in [1.29, 1.82) is 0 Å². The van der Waals surface area contributed by atoms with Gasteiger partial charge in [0.05, 0.1) is 12.4 Å². The van der Waals surface area contributed by atoms with Gasteiger partial charge in [0.1, 0.15) is 6.61 Å². The molecule has 0 aromatic rings. The molecule has 0 spiro atoms. The number of hydrogen-bond acceptors (Lipinski definition) is 6. The van der Waals surface area contributed by atoms with Gasteiger partial charge in [-0.1, -0.05) is 6.58 Å². The van der Waals surface area contributed by atoms with Crippen molar-refractivity contribution in [3.63, 3.8) is 0 Å². The molecule has 0 aliphatic carbocycles. The molecule has 2 atom stereocenters. The number of carbonyl (C=O) groups is 1. The Morgan fingerprint density at radius 2 is 2.60 bits per heavy atom. The fourth-order valence-electron chi connectivity index (χ4n) is 0.936. The minimum atomic E-state index is -1.14. The standard InChI is InChI=1S/C9H14O5S/c1-2-7(10)13-5-8(11)14-9-6-15-4-3-12-9/h2,7,9-10H,1,3-6H2. The molecule has 1 rings (SSSR count). The number of esters is 1. The zero-order valence-electron chi connectivity index (χ0n) is 8.26. The summed E-state index contributed by atoms with van der Waals surface area (Å²) in [7, 11) is 0. The summed E-state index contributed by atoms with van der Waals surface area (Å²) in [6, 6.07) is 0. The molecule has 0 amide bonds. The topological polar surface area (TPSA) is 65.0 Å². The van der Waals surface area contributed by atoms with Crippen LogP contribution in [0.15, 0.2) is 12.7 Å². The Balaban J connectivity index is 2.14. The molecule has 5 nitrogen and oxygen atoms in total. The highest BCUT2D eigenvalue weighted by Gasteiger charge is 2.18. The number of hydrogen-bond donors (Lipinski definition) is 1. The molecule has 1 saturated heterocycles. The molecule has 1 heterocycles. The second kappa shape index (κ2) is 6.84. The highest BCUT2D eigenvalue weighted by molar-refractivity contribution is 7.99. The maximum absolute atomic E-state index is 11.1. The van der Waals surface area contributed by atoms with Gasteiger partial charge in [-0.15, -0.1) is 0 Å². The summed E-state index contributed by atoms with van der Waals surface area (Å²) >= 11 is 1.67. The van der Waals surface area contributed by atoms with Gasteiger partial charge in [-0.2, -0.15) is 11.8 Å². The molecular weight excluding hydrogens is 220 g/mol. The molecule has 1 aliphatic rings. The van der Waals surface area contributed by atoms with Gasteiger partial charge in [-0.05, 0) is 6.08 Å². The van der Waals surface area contributed by atoms with Crippen LogP contribution in [0.25, 0.3) is 0 Å². The van der Waals surface area contributed by atoms with E-state index < -0.39 is 18.5 Å². The molecule has 0 aromatic heterocycles. The first-order chi connectivity index (χ1) is 7.22. The van der Waals surface area contributed by atoms with Crippen LogP contribution in [0.1, 0.15) is 0 Å². The van der Waals surface area contributed by atoms with E-state index >= 15 is 0 Å². The molecule has 6 heteroatoms. The maximum Gasteiger partial charge on any atom is 0.334 e. The van der Waals surface area contributed by atoms with Gasteiger partial charge >= 0.3 is 5.97 Å². The Morgan fingerprint density at radius 1 is 1.80 bits per heavy atom. The van der Waals surface area contributed by atoms with Crippen molar-refractivity contribution in [2.24, 2.45) is 0 Å². The Labute approximate surface area is 92.4 Å². The summed E-state index contributed by atoms with van der Waals surface area (Å²) in [6.45, 7) is 3.57. The van der Waals surface area contributed by atoms with Crippen molar-refractivity contribution >= 4 is 17.7 Å². The molecule has 0 bridgehead atoms. The average Bonchev–Trinajstić information content (AvgIpc) is 2.27. The second-order valence-corrected chi connectivity index (χ2v) is 3.95. The zero-order chi connectivity index (χ0) is 11.1. The lowest BCUT2D eigenvalue weighted by molar-refractivity contribution is -0.184. The highest BCUT2D eigenvalue weighted by atomic mass is 32.2. The van der Waals surface area contributed by atoms with Crippen LogP contribution in [0.5, 0.6) is 0 Å². The maximum atomic E-state index is 11.1. The third-order valence-electron chi connectivity index (χ3n) is 1.62. The zero-order valence-corrected chi connectivity index (χ0v) is 9.07. The van der Waals surface area contributed by atoms with Gasteiger partial charge in [0.2, 0.25) is 6.29 Å². The van der Waals surface area contributed by atoms with Crippen LogP contribution >= 0.6 is 11.8 Å². The van der Waals surface area contributed by atoms with Gasteiger partial charge in [0.15, 0.2) is 6.29 Å². The third kappa shape index (κ3) is 5.17. The molecule has 2 unspecified atom stereocenters. The first-order valence-electron chi connectivity index (χ1n) is 4.53. The van der Waals surface area contributed by atoms with E-state index in [0.717, 1.165) is 5.75 Å². The Kier molecular flexibility index (Phi) is 5.70. The predicted octanol–water partition coefficient (Wildman–Crippen LogP) is 0.140. The van der Waals surface area contributed by atoms with Crippen molar-refractivity contribution in [3.8, 4) is 0 Å². The van der Waals surface area contributed by atoms with Crippen molar-refractivity contribution < 1.29 is 24.1 Å². The lowest BCUT2D eigenvalue weighted by Gasteiger charge is -2.22. The molecule has 1 fully saturated rings. The Morgan fingerprint density at radius 3 is 3.20 bits per heavy atom. The normalized spacial score (nSPS) is 23.1. The summed E-state index contributed by atoms with van der Waals surface area (Å²) in [5, 5.41) is 8.93. The van der Waals surface area contributed by atoms with Gasteiger partial charge < -0.3 is 19.3 Å². The van der Waals surface area contributed by atoms with Gasteiger partial charge in [-0.25, -0.2) is 4.79 Å². The van der Waals surface area contributed by atoms with E-state index in [9.17, 15) is 4.79 Å². The van der Waals surface area contributed by atoms with Crippen LogP contribution < -0.4 is 0 Å². The fourth-order valence-corrected chi connectivity index (χ4v) is 1.67. The molecule has 1 aliphatic heterocycles. The van der Waals surface area contributed by atoms with E-state index in [1.54, 1.807) is 11.8 Å². The predicted molar refractivity (Wildman–Crippen MR) is 55.3 cm³/mol. The van der Waals surface area contributed by atoms with E-state index in [-0.39, 0.29) is 6.61 Å². The summed E-state index contributed by atoms with van der Waals surface area (Å²) in [5.74, 6) is 0.999. The number of ether oxygens (including phenoxy) is 3. The monoisotopic (exact) mass is 234 g/mol. The summed E-state index contributed by atoms with van der Waals surface area (Å²) in [4.78, 5) is 11.1. The minimum absolute atomic E-state index is 0.308.